The highest BCUT2D eigenvalue weighted by molar-refractivity contribution is 4.77. The molecule has 0 aromatic rings. The zero-order valence-corrected chi connectivity index (χ0v) is 5.03. The Hall–Kier alpha value is -0.160. The second-order valence-electron chi connectivity index (χ2n) is 2.20. The SMILES string of the molecule is N[C@H]1CCO[C@H](O)[C@@H]1O. The number of hydrogen-bond acceptors (Lipinski definition) is 4. The normalized spacial score (nSPS) is 45.0. The Morgan fingerprint density at radius 2 is 2.11 bits per heavy atom. The number of ether oxygens (including phenoxy) is 1. The lowest BCUT2D eigenvalue weighted by Gasteiger charge is -2.28. The molecular weight excluding hydrogens is 122 g/mol. The van der Waals surface area contributed by atoms with Crippen LogP contribution in [0.1, 0.15) is 6.42 Å². The van der Waals surface area contributed by atoms with E-state index in [4.69, 9.17) is 15.9 Å². The molecule has 4 heteroatoms. The van der Waals surface area contributed by atoms with Gasteiger partial charge in [-0.05, 0) is 6.42 Å². The van der Waals surface area contributed by atoms with E-state index in [-0.39, 0.29) is 6.04 Å². The molecule has 1 aliphatic rings. The Labute approximate surface area is 53.2 Å². The first-order valence-corrected chi connectivity index (χ1v) is 2.95. The maximum atomic E-state index is 8.95. The third-order valence-electron chi connectivity index (χ3n) is 1.47. The van der Waals surface area contributed by atoms with Crippen LogP contribution in [0.4, 0.5) is 0 Å². The van der Waals surface area contributed by atoms with Gasteiger partial charge in [0.05, 0.1) is 6.61 Å². The first-order chi connectivity index (χ1) is 4.22. The Morgan fingerprint density at radius 1 is 1.44 bits per heavy atom. The molecule has 0 aliphatic carbocycles. The van der Waals surface area contributed by atoms with Gasteiger partial charge in [-0.2, -0.15) is 0 Å². The highest BCUT2D eigenvalue weighted by Gasteiger charge is 2.27. The predicted molar refractivity (Wildman–Crippen MR) is 30.6 cm³/mol. The fraction of sp³-hybridized carbons (Fsp3) is 1.00. The lowest BCUT2D eigenvalue weighted by Crippen LogP contribution is -2.48. The average molecular weight is 133 g/mol. The summed E-state index contributed by atoms with van der Waals surface area (Å²) in [5, 5.41) is 17.7. The minimum Gasteiger partial charge on any atom is -0.386 e. The van der Waals surface area contributed by atoms with Crippen LogP contribution in [0.2, 0.25) is 0 Å². The van der Waals surface area contributed by atoms with E-state index in [1.165, 1.54) is 0 Å². The first-order valence-electron chi connectivity index (χ1n) is 2.95. The van der Waals surface area contributed by atoms with Crippen molar-refractivity contribution in [1.29, 1.82) is 0 Å². The van der Waals surface area contributed by atoms with Crippen LogP contribution in [0.5, 0.6) is 0 Å². The topological polar surface area (TPSA) is 75.7 Å². The summed E-state index contributed by atoms with van der Waals surface area (Å²) in [4.78, 5) is 0. The smallest absolute Gasteiger partial charge is 0.182 e. The van der Waals surface area contributed by atoms with Crippen LogP contribution in [0.3, 0.4) is 0 Å². The molecule has 9 heavy (non-hydrogen) atoms. The van der Waals surface area contributed by atoms with Crippen LogP contribution in [0.25, 0.3) is 0 Å². The molecule has 0 unspecified atom stereocenters. The third kappa shape index (κ3) is 1.40. The summed E-state index contributed by atoms with van der Waals surface area (Å²) in [6.07, 6.45) is -1.40. The fourth-order valence-corrected chi connectivity index (χ4v) is 0.806. The van der Waals surface area contributed by atoms with Crippen LogP contribution in [-0.2, 0) is 4.74 Å². The minimum atomic E-state index is -1.09. The standard InChI is InChI=1S/C5H11NO3/c6-3-1-2-9-5(8)4(3)7/h3-5,7-8H,1-2,6H2/t3-,4+,5-/m0/s1. The highest BCUT2D eigenvalue weighted by Crippen LogP contribution is 2.09. The van der Waals surface area contributed by atoms with Crippen LogP contribution in [0, 0.1) is 0 Å². The van der Waals surface area contributed by atoms with Crippen molar-refractivity contribution in [2.75, 3.05) is 6.61 Å². The molecule has 0 amide bonds. The Kier molecular flexibility index (Phi) is 2.02. The van der Waals surface area contributed by atoms with Crippen molar-refractivity contribution in [3.63, 3.8) is 0 Å². The van der Waals surface area contributed by atoms with E-state index in [0.717, 1.165) is 0 Å². The Morgan fingerprint density at radius 3 is 2.56 bits per heavy atom. The summed E-state index contributed by atoms with van der Waals surface area (Å²) in [6.45, 7) is 0.430. The maximum absolute atomic E-state index is 8.95. The monoisotopic (exact) mass is 133 g/mol. The molecule has 54 valence electrons. The summed E-state index contributed by atoms with van der Waals surface area (Å²) in [7, 11) is 0. The van der Waals surface area contributed by atoms with Crippen molar-refractivity contribution in [2.24, 2.45) is 5.73 Å². The zero-order valence-electron chi connectivity index (χ0n) is 5.03. The van der Waals surface area contributed by atoms with E-state index >= 15 is 0 Å². The van der Waals surface area contributed by atoms with Gasteiger partial charge in [0.15, 0.2) is 6.29 Å². The molecule has 1 aliphatic heterocycles. The second kappa shape index (κ2) is 2.62. The predicted octanol–water partition coefficient (Wildman–Crippen LogP) is -1.59. The molecule has 0 spiro atoms. The van der Waals surface area contributed by atoms with Crippen molar-refractivity contribution in [2.45, 2.75) is 24.9 Å². The van der Waals surface area contributed by atoms with Crippen LogP contribution >= 0.6 is 0 Å². The minimum absolute atomic E-state index is 0.339. The third-order valence-corrected chi connectivity index (χ3v) is 1.47. The molecule has 0 radical (unpaired) electrons. The Balaban J connectivity index is 2.41. The van der Waals surface area contributed by atoms with E-state index in [2.05, 4.69) is 4.74 Å². The molecule has 0 aromatic carbocycles. The molecule has 1 rings (SSSR count). The van der Waals surface area contributed by atoms with Gasteiger partial charge in [0.1, 0.15) is 6.10 Å². The molecule has 0 aromatic heterocycles. The molecule has 1 fully saturated rings. The van der Waals surface area contributed by atoms with Crippen molar-refractivity contribution in [3.05, 3.63) is 0 Å². The summed E-state index contributed by atoms with van der Waals surface area (Å²) < 4.78 is 4.69. The molecule has 4 nitrogen and oxygen atoms in total. The van der Waals surface area contributed by atoms with Gasteiger partial charge < -0.3 is 20.7 Å². The van der Waals surface area contributed by atoms with E-state index in [1.807, 2.05) is 0 Å². The van der Waals surface area contributed by atoms with Gasteiger partial charge in [-0.3, -0.25) is 0 Å². The van der Waals surface area contributed by atoms with E-state index in [0.29, 0.717) is 13.0 Å². The number of aliphatic hydroxyl groups excluding tert-OH is 2. The molecular formula is C5H11NO3. The van der Waals surface area contributed by atoms with E-state index in [1.54, 1.807) is 0 Å². The van der Waals surface area contributed by atoms with Gasteiger partial charge in [0.25, 0.3) is 0 Å². The van der Waals surface area contributed by atoms with E-state index < -0.39 is 12.4 Å². The lowest BCUT2D eigenvalue weighted by molar-refractivity contribution is -0.191. The van der Waals surface area contributed by atoms with Crippen molar-refractivity contribution in [3.8, 4) is 0 Å². The van der Waals surface area contributed by atoms with E-state index in [9.17, 15) is 0 Å². The first kappa shape index (κ1) is 6.95. The van der Waals surface area contributed by atoms with Crippen molar-refractivity contribution in [1.82, 2.24) is 0 Å². The van der Waals surface area contributed by atoms with Crippen molar-refractivity contribution >= 4 is 0 Å². The van der Waals surface area contributed by atoms with Gasteiger partial charge in [0, 0.05) is 6.04 Å². The Bertz CT molecular complexity index is 88.2. The van der Waals surface area contributed by atoms with Crippen molar-refractivity contribution < 1.29 is 14.9 Å². The number of nitrogens with two attached hydrogens (primary N) is 1. The quantitative estimate of drug-likeness (QED) is 0.372. The molecule has 1 heterocycles. The summed E-state index contributed by atoms with van der Waals surface area (Å²) >= 11 is 0. The zero-order chi connectivity index (χ0) is 6.85. The maximum Gasteiger partial charge on any atom is 0.182 e. The molecule has 4 N–H and O–H groups in total. The number of rotatable bonds is 0. The summed E-state index contributed by atoms with van der Waals surface area (Å²) in [5.41, 5.74) is 5.38. The molecule has 0 bridgehead atoms. The van der Waals surface area contributed by atoms with Crippen LogP contribution in [0.15, 0.2) is 0 Å². The highest BCUT2D eigenvalue weighted by atomic mass is 16.6. The summed E-state index contributed by atoms with van der Waals surface area (Å²) in [6, 6.07) is -0.339. The number of aliphatic hydroxyl groups is 2. The molecule has 0 saturated carbocycles. The average Bonchev–Trinajstić information content (AvgIpc) is 1.83. The van der Waals surface area contributed by atoms with Crippen LogP contribution < -0.4 is 5.73 Å². The van der Waals surface area contributed by atoms with Gasteiger partial charge in [0.2, 0.25) is 0 Å². The van der Waals surface area contributed by atoms with Gasteiger partial charge >= 0.3 is 0 Å². The largest absolute Gasteiger partial charge is 0.386 e. The van der Waals surface area contributed by atoms with Crippen LogP contribution in [-0.4, -0.2) is 35.3 Å². The number of hydrogen-bond donors (Lipinski definition) is 3. The fourth-order valence-electron chi connectivity index (χ4n) is 0.806. The second-order valence-corrected chi connectivity index (χ2v) is 2.20. The molecule has 3 atom stereocenters. The van der Waals surface area contributed by atoms with Gasteiger partial charge in [-0.15, -0.1) is 0 Å². The molecule has 1 saturated heterocycles. The van der Waals surface area contributed by atoms with Gasteiger partial charge in [-0.25, -0.2) is 0 Å². The summed E-state index contributed by atoms with van der Waals surface area (Å²) in [5.74, 6) is 0. The lowest BCUT2D eigenvalue weighted by atomic mass is 10.1. The van der Waals surface area contributed by atoms with Gasteiger partial charge in [-0.1, -0.05) is 0 Å².